The number of hydrogen-bond donors (Lipinski definition) is 0. The van der Waals surface area contributed by atoms with Crippen LogP contribution in [0.2, 0.25) is 0 Å². The molecule has 0 radical (unpaired) electrons. The van der Waals surface area contributed by atoms with E-state index in [2.05, 4.69) is 4.98 Å². The quantitative estimate of drug-likeness (QED) is 0.230. The summed E-state index contributed by atoms with van der Waals surface area (Å²) in [6, 6.07) is 36.9. The molecule has 5 rings (SSSR count). The van der Waals surface area contributed by atoms with Crippen molar-refractivity contribution < 1.29 is 13.2 Å². The highest BCUT2D eigenvalue weighted by Crippen LogP contribution is 2.30. The van der Waals surface area contributed by atoms with Crippen molar-refractivity contribution >= 4 is 32.5 Å². The molecule has 1 aromatic heterocycles. The van der Waals surface area contributed by atoms with Crippen molar-refractivity contribution in [3.8, 4) is 0 Å². The van der Waals surface area contributed by atoms with Crippen molar-refractivity contribution in [3.05, 3.63) is 139 Å². The summed E-state index contributed by atoms with van der Waals surface area (Å²) in [5.41, 5.74) is 2.97. The Morgan fingerprint density at radius 1 is 0.692 bits per heavy atom. The lowest BCUT2D eigenvalue weighted by Gasteiger charge is -2.29. The van der Waals surface area contributed by atoms with Crippen LogP contribution < -0.4 is 4.31 Å². The van der Waals surface area contributed by atoms with E-state index in [9.17, 15) is 13.2 Å². The summed E-state index contributed by atoms with van der Waals surface area (Å²) < 4.78 is 29.2. The lowest BCUT2D eigenvalue weighted by Crippen LogP contribution is -2.43. The molecule has 0 saturated carbocycles. The molecule has 0 fully saturated rings. The average Bonchev–Trinajstić information content (AvgIpc) is 2.99. The minimum Gasteiger partial charge on any atom is -0.336 e. The third-order valence-corrected chi connectivity index (χ3v) is 8.35. The van der Waals surface area contributed by atoms with Gasteiger partial charge in [0.25, 0.3) is 10.0 Å². The van der Waals surface area contributed by atoms with E-state index in [-0.39, 0.29) is 17.3 Å². The molecule has 1 amide bonds. The predicted molar refractivity (Wildman–Crippen MR) is 155 cm³/mol. The fraction of sp³-hybridized carbons (Fsp3) is 0.125. The molecule has 1 heterocycles. The number of anilines is 1. The Labute approximate surface area is 229 Å². The molecule has 6 nitrogen and oxygen atoms in total. The molecular formula is C32H29N3O3S. The van der Waals surface area contributed by atoms with E-state index in [0.717, 1.165) is 16.5 Å². The fourth-order valence-electron chi connectivity index (χ4n) is 4.54. The maximum absolute atomic E-state index is 14.0. The number of fused-ring (bicyclic) bond motifs is 1. The molecule has 39 heavy (non-hydrogen) atoms. The van der Waals surface area contributed by atoms with Gasteiger partial charge in [-0.1, -0.05) is 97.1 Å². The van der Waals surface area contributed by atoms with E-state index < -0.39 is 10.0 Å². The van der Waals surface area contributed by atoms with E-state index in [1.165, 1.54) is 4.31 Å². The normalized spacial score (nSPS) is 11.3. The van der Waals surface area contributed by atoms with Gasteiger partial charge in [-0.15, -0.1) is 0 Å². The van der Waals surface area contributed by atoms with E-state index in [4.69, 9.17) is 0 Å². The Bertz CT molecular complexity index is 1640. The predicted octanol–water partition coefficient (Wildman–Crippen LogP) is 5.70. The molecule has 0 atom stereocenters. The van der Waals surface area contributed by atoms with Gasteiger partial charge in [-0.05, 0) is 41.8 Å². The van der Waals surface area contributed by atoms with Crippen molar-refractivity contribution in [1.29, 1.82) is 0 Å². The highest BCUT2D eigenvalue weighted by atomic mass is 32.2. The van der Waals surface area contributed by atoms with Gasteiger partial charge in [0.05, 0.1) is 16.1 Å². The van der Waals surface area contributed by atoms with Crippen LogP contribution >= 0.6 is 0 Å². The zero-order valence-electron chi connectivity index (χ0n) is 21.4. The first-order valence-electron chi connectivity index (χ1n) is 12.8. The van der Waals surface area contributed by atoms with Gasteiger partial charge in [0.1, 0.15) is 6.54 Å². The highest BCUT2D eigenvalue weighted by Gasteiger charge is 2.30. The number of carbonyl (C=O) groups excluding carboxylic acids is 1. The molecular weight excluding hydrogens is 506 g/mol. The number of hydrogen-bond acceptors (Lipinski definition) is 4. The topological polar surface area (TPSA) is 70.6 Å². The number of carbonyl (C=O) groups is 1. The van der Waals surface area contributed by atoms with Gasteiger partial charge in [0, 0.05) is 24.7 Å². The second-order valence-corrected chi connectivity index (χ2v) is 11.1. The highest BCUT2D eigenvalue weighted by molar-refractivity contribution is 7.92. The van der Waals surface area contributed by atoms with Gasteiger partial charge in [0.15, 0.2) is 0 Å². The van der Waals surface area contributed by atoms with Gasteiger partial charge in [-0.2, -0.15) is 0 Å². The Balaban J connectivity index is 1.52. The lowest BCUT2D eigenvalue weighted by molar-refractivity contribution is -0.130. The first-order chi connectivity index (χ1) is 19.0. The monoisotopic (exact) mass is 535 g/mol. The van der Waals surface area contributed by atoms with Crippen LogP contribution in [0.4, 0.5) is 5.69 Å². The fourth-order valence-corrected chi connectivity index (χ4v) is 5.98. The molecule has 0 N–H and O–H groups in total. The average molecular weight is 536 g/mol. The number of rotatable bonds is 10. The molecule has 5 aromatic rings. The second-order valence-electron chi connectivity index (χ2n) is 9.21. The van der Waals surface area contributed by atoms with E-state index >= 15 is 0 Å². The molecule has 4 aromatic carbocycles. The van der Waals surface area contributed by atoms with Crippen LogP contribution in [0.3, 0.4) is 0 Å². The number of sulfonamides is 1. The standard InChI is InChI=1S/C32H29N3O3S/c36-31(34(24-27-14-6-2-7-15-27)23-21-26-12-4-1-5-13-26)25-35(39(37,38)29-18-8-3-9-19-29)30-20-10-16-28-17-11-22-33-32(28)30/h1-20,22H,21,23-25H2. The number of nitrogens with zero attached hydrogens (tertiary/aromatic N) is 3. The molecule has 0 aliphatic heterocycles. The number of aromatic nitrogens is 1. The molecule has 0 spiro atoms. The second kappa shape index (κ2) is 11.9. The summed E-state index contributed by atoms with van der Waals surface area (Å²) in [7, 11) is -4.07. The maximum Gasteiger partial charge on any atom is 0.264 e. The summed E-state index contributed by atoms with van der Waals surface area (Å²) in [4.78, 5) is 20.3. The summed E-state index contributed by atoms with van der Waals surface area (Å²) in [5.74, 6) is -0.290. The smallest absolute Gasteiger partial charge is 0.264 e. The van der Waals surface area contributed by atoms with Gasteiger partial charge in [-0.25, -0.2) is 8.42 Å². The molecule has 0 aliphatic rings. The van der Waals surface area contributed by atoms with Crippen molar-refractivity contribution in [2.24, 2.45) is 0 Å². The molecule has 0 unspecified atom stereocenters. The van der Waals surface area contributed by atoms with Crippen LogP contribution in [0.1, 0.15) is 11.1 Å². The third-order valence-electron chi connectivity index (χ3n) is 6.57. The van der Waals surface area contributed by atoms with Crippen LogP contribution in [0.5, 0.6) is 0 Å². The molecule has 0 aliphatic carbocycles. The largest absolute Gasteiger partial charge is 0.336 e. The summed E-state index contributed by atoms with van der Waals surface area (Å²) >= 11 is 0. The van der Waals surface area contributed by atoms with Crippen LogP contribution in [-0.2, 0) is 27.8 Å². The van der Waals surface area contributed by atoms with E-state index in [1.54, 1.807) is 59.6 Å². The molecule has 0 bridgehead atoms. The van der Waals surface area contributed by atoms with Crippen molar-refractivity contribution in [1.82, 2.24) is 9.88 Å². The number of amides is 1. The number of para-hydroxylation sites is 1. The molecule has 196 valence electrons. The van der Waals surface area contributed by atoms with Gasteiger partial charge in [-0.3, -0.25) is 14.1 Å². The number of benzene rings is 4. The minimum absolute atomic E-state index is 0.115. The van der Waals surface area contributed by atoms with E-state index in [1.807, 2.05) is 72.8 Å². The zero-order chi connectivity index (χ0) is 27.1. The molecule has 0 saturated heterocycles. The zero-order valence-corrected chi connectivity index (χ0v) is 22.2. The van der Waals surface area contributed by atoms with Gasteiger partial charge >= 0.3 is 0 Å². The summed E-state index contributed by atoms with van der Waals surface area (Å²) in [6.45, 7) is 0.471. The summed E-state index contributed by atoms with van der Waals surface area (Å²) in [5, 5.41) is 0.793. The van der Waals surface area contributed by atoms with Crippen molar-refractivity contribution in [2.45, 2.75) is 17.9 Å². The summed E-state index contributed by atoms with van der Waals surface area (Å²) in [6.07, 6.45) is 2.28. The first kappa shape index (κ1) is 26.1. The Morgan fingerprint density at radius 3 is 2.00 bits per heavy atom. The SMILES string of the molecule is O=C(CN(c1cccc2cccnc12)S(=O)(=O)c1ccccc1)N(CCc1ccccc1)Cc1ccccc1. The van der Waals surface area contributed by atoms with Crippen LogP contribution in [0.15, 0.2) is 132 Å². The van der Waals surface area contributed by atoms with Crippen molar-refractivity contribution in [2.75, 3.05) is 17.4 Å². The van der Waals surface area contributed by atoms with Gasteiger partial charge in [0.2, 0.25) is 5.91 Å². The van der Waals surface area contributed by atoms with Crippen LogP contribution in [0.25, 0.3) is 10.9 Å². The number of pyridine rings is 1. The Morgan fingerprint density at radius 2 is 1.31 bits per heavy atom. The third kappa shape index (κ3) is 6.16. The molecule has 7 heteroatoms. The minimum atomic E-state index is -4.07. The maximum atomic E-state index is 14.0. The van der Waals surface area contributed by atoms with Crippen molar-refractivity contribution in [3.63, 3.8) is 0 Å². The lowest BCUT2D eigenvalue weighted by atomic mass is 10.1. The Hall–Kier alpha value is -4.49. The van der Waals surface area contributed by atoms with Crippen LogP contribution in [0, 0.1) is 0 Å². The van der Waals surface area contributed by atoms with Gasteiger partial charge < -0.3 is 4.90 Å². The van der Waals surface area contributed by atoms with E-state index in [0.29, 0.717) is 30.7 Å². The first-order valence-corrected chi connectivity index (χ1v) is 14.2. The van der Waals surface area contributed by atoms with Crippen LogP contribution in [-0.4, -0.2) is 37.3 Å². The Kier molecular flexibility index (Phi) is 7.99.